The van der Waals surface area contributed by atoms with Crippen LogP contribution in [-0.4, -0.2) is 55.2 Å². The van der Waals surface area contributed by atoms with E-state index in [1.807, 2.05) is 25.7 Å². The van der Waals surface area contributed by atoms with Crippen molar-refractivity contribution in [2.24, 2.45) is 5.92 Å². The van der Waals surface area contributed by atoms with Crippen LogP contribution < -0.4 is 0 Å². The van der Waals surface area contributed by atoms with Crippen LogP contribution in [0.5, 0.6) is 0 Å². The van der Waals surface area contributed by atoms with Crippen LogP contribution in [0.2, 0.25) is 0 Å². The minimum absolute atomic E-state index is 0.166. The Morgan fingerprint density at radius 1 is 1.41 bits per heavy atom. The molecule has 1 heterocycles. The van der Waals surface area contributed by atoms with Gasteiger partial charge in [0, 0.05) is 19.6 Å². The van der Waals surface area contributed by atoms with E-state index in [9.17, 15) is 4.79 Å². The summed E-state index contributed by atoms with van der Waals surface area (Å²) in [6.07, 6.45) is 2.12. The first-order valence-electron chi connectivity index (χ1n) is 6.40. The fourth-order valence-corrected chi connectivity index (χ4v) is 2.22. The highest BCUT2D eigenvalue weighted by molar-refractivity contribution is 5.68. The normalized spacial score (nSPS) is 21.8. The summed E-state index contributed by atoms with van der Waals surface area (Å²) in [5.74, 6) is 0.575. The minimum atomic E-state index is -0.397. The summed E-state index contributed by atoms with van der Waals surface area (Å²) in [5, 5.41) is 0. The highest BCUT2D eigenvalue weighted by Gasteiger charge is 2.27. The van der Waals surface area contributed by atoms with E-state index in [1.54, 1.807) is 0 Å². The van der Waals surface area contributed by atoms with Crippen LogP contribution in [0.4, 0.5) is 4.79 Å². The molecule has 0 aromatic carbocycles. The molecule has 1 atom stereocenters. The largest absolute Gasteiger partial charge is 0.444 e. The molecule has 0 bridgehead atoms. The zero-order valence-corrected chi connectivity index (χ0v) is 11.8. The Balaban J connectivity index is 2.46. The van der Waals surface area contributed by atoms with E-state index in [0.717, 1.165) is 26.1 Å². The fraction of sp³-hybridized carbons (Fsp3) is 0.923. The topological polar surface area (TPSA) is 32.8 Å². The second-order valence-electron chi connectivity index (χ2n) is 6.20. The molecule has 4 heteroatoms. The van der Waals surface area contributed by atoms with Crippen molar-refractivity contribution in [3.05, 3.63) is 0 Å². The lowest BCUT2D eigenvalue weighted by atomic mass is 9.98. The molecule has 1 fully saturated rings. The summed E-state index contributed by atoms with van der Waals surface area (Å²) < 4.78 is 5.40. The number of amides is 1. The van der Waals surface area contributed by atoms with Gasteiger partial charge in [0.2, 0.25) is 0 Å². The van der Waals surface area contributed by atoms with E-state index >= 15 is 0 Å². The number of ether oxygens (including phenoxy) is 1. The van der Waals surface area contributed by atoms with E-state index in [2.05, 4.69) is 19.0 Å². The standard InChI is InChI=1S/C13H26N2O2/c1-13(2,3)17-12(16)15-8-6-7-11(10-15)9-14(4)5/h11H,6-10H2,1-5H3. The Hall–Kier alpha value is -0.770. The van der Waals surface area contributed by atoms with Gasteiger partial charge in [0.15, 0.2) is 0 Å². The maximum atomic E-state index is 11.9. The molecule has 1 saturated heterocycles. The smallest absolute Gasteiger partial charge is 0.410 e. The van der Waals surface area contributed by atoms with Crippen LogP contribution in [0.25, 0.3) is 0 Å². The quantitative estimate of drug-likeness (QED) is 0.744. The number of piperidine rings is 1. The summed E-state index contributed by atoms with van der Waals surface area (Å²) in [7, 11) is 4.15. The molecule has 0 spiro atoms. The predicted molar refractivity (Wildman–Crippen MR) is 69.1 cm³/mol. The van der Waals surface area contributed by atoms with Gasteiger partial charge in [-0.3, -0.25) is 0 Å². The molecule has 1 rings (SSSR count). The molecule has 1 amide bonds. The van der Waals surface area contributed by atoms with Crippen LogP contribution in [0.3, 0.4) is 0 Å². The second-order valence-corrected chi connectivity index (χ2v) is 6.20. The third-order valence-corrected chi connectivity index (χ3v) is 2.79. The number of hydrogen-bond donors (Lipinski definition) is 0. The molecule has 0 radical (unpaired) electrons. The van der Waals surface area contributed by atoms with Gasteiger partial charge >= 0.3 is 6.09 Å². The lowest BCUT2D eigenvalue weighted by Crippen LogP contribution is -2.44. The molecule has 100 valence electrons. The van der Waals surface area contributed by atoms with Crippen molar-refractivity contribution < 1.29 is 9.53 Å². The number of rotatable bonds is 2. The molecule has 0 aromatic rings. The van der Waals surface area contributed by atoms with Crippen molar-refractivity contribution >= 4 is 6.09 Å². The van der Waals surface area contributed by atoms with Crippen molar-refractivity contribution in [3.8, 4) is 0 Å². The van der Waals surface area contributed by atoms with Gasteiger partial charge in [-0.15, -0.1) is 0 Å². The third kappa shape index (κ3) is 5.39. The highest BCUT2D eigenvalue weighted by atomic mass is 16.6. The third-order valence-electron chi connectivity index (χ3n) is 2.79. The number of carbonyl (C=O) groups excluding carboxylic acids is 1. The Morgan fingerprint density at radius 3 is 2.59 bits per heavy atom. The first kappa shape index (κ1) is 14.3. The summed E-state index contributed by atoms with van der Waals surface area (Å²) in [6, 6.07) is 0. The Labute approximate surface area is 105 Å². The average molecular weight is 242 g/mol. The van der Waals surface area contributed by atoms with Crippen LogP contribution in [0.1, 0.15) is 33.6 Å². The van der Waals surface area contributed by atoms with Crippen LogP contribution in [0, 0.1) is 5.92 Å². The molecule has 0 aromatic heterocycles. The van der Waals surface area contributed by atoms with Crippen LogP contribution in [-0.2, 0) is 4.74 Å². The Kier molecular flexibility index (Phi) is 4.80. The summed E-state index contributed by atoms with van der Waals surface area (Å²) in [5.41, 5.74) is -0.397. The van der Waals surface area contributed by atoms with Gasteiger partial charge in [-0.1, -0.05) is 0 Å². The molecule has 0 aliphatic carbocycles. The zero-order chi connectivity index (χ0) is 13.1. The number of nitrogens with zero attached hydrogens (tertiary/aromatic N) is 2. The molecule has 0 N–H and O–H groups in total. The lowest BCUT2D eigenvalue weighted by molar-refractivity contribution is 0.0153. The van der Waals surface area contributed by atoms with Crippen LogP contribution in [0.15, 0.2) is 0 Å². The lowest BCUT2D eigenvalue weighted by Gasteiger charge is -2.35. The van der Waals surface area contributed by atoms with E-state index in [0.29, 0.717) is 5.92 Å². The van der Waals surface area contributed by atoms with E-state index < -0.39 is 5.60 Å². The Morgan fingerprint density at radius 2 is 2.06 bits per heavy atom. The highest BCUT2D eigenvalue weighted by Crippen LogP contribution is 2.19. The molecule has 0 saturated carbocycles. The van der Waals surface area contributed by atoms with Crippen molar-refractivity contribution in [1.82, 2.24) is 9.80 Å². The summed E-state index contributed by atoms with van der Waals surface area (Å²) >= 11 is 0. The monoisotopic (exact) mass is 242 g/mol. The van der Waals surface area contributed by atoms with Gasteiger partial charge in [0.1, 0.15) is 5.60 Å². The van der Waals surface area contributed by atoms with Gasteiger partial charge in [0.05, 0.1) is 0 Å². The molecule has 1 aliphatic heterocycles. The van der Waals surface area contributed by atoms with Gasteiger partial charge < -0.3 is 14.5 Å². The number of hydrogen-bond acceptors (Lipinski definition) is 3. The maximum Gasteiger partial charge on any atom is 0.410 e. The average Bonchev–Trinajstić information content (AvgIpc) is 2.14. The van der Waals surface area contributed by atoms with Gasteiger partial charge in [0.25, 0.3) is 0 Å². The van der Waals surface area contributed by atoms with E-state index in [1.165, 1.54) is 6.42 Å². The Bertz CT molecular complexity index is 259. The van der Waals surface area contributed by atoms with Gasteiger partial charge in [-0.25, -0.2) is 4.79 Å². The van der Waals surface area contributed by atoms with Crippen LogP contribution >= 0.6 is 0 Å². The SMILES string of the molecule is CN(C)CC1CCCN(C(=O)OC(C)(C)C)C1. The minimum Gasteiger partial charge on any atom is -0.444 e. The number of carbonyl (C=O) groups is 1. The summed E-state index contributed by atoms with van der Waals surface area (Å²) in [6.45, 7) is 8.43. The molecular formula is C13H26N2O2. The molecule has 1 aliphatic rings. The molecule has 17 heavy (non-hydrogen) atoms. The molecule has 4 nitrogen and oxygen atoms in total. The van der Waals surface area contributed by atoms with Crippen molar-refractivity contribution in [2.75, 3.05) is 33.7 Å². The zero-order valence-electron chi connectivity index (χ0n) is 11.8. The maximum absolute atomic E-state index is 11.9. The first-order valence-corrected chi connectivity index (χ1v) is 6.40. The molecule has 1 unspecified atom stereocenters. The summed E-state index contributed by atoms with van der Waals surface area (Å²) in [4.78, 5) is 16.0. The van der Waals surface area contributed by atoms with E-state index in [4.69, 9.17) is 4.74 Å². The van der Waals surface area contributed by atoms with Gasteiger partial charge in [-0.2, -0.15) is 0 Å². The first-order chi connectivity index (χ1) is 7.78. The van der Waals surface area contributed by atoms with Crippen molar-refractivity contribution in [3.63, 3.8) is 0 Å². The fourth-order valence-electron chi connectivity index (χ4n) is 2.22. The van der Waals surface area contributed by atoms with Gasteiger partial charge in [-0.05, 0) is 53.6 Å². The molecular weight excluding hydrogens is 216 g/mol. The number of likely N-dealkylation sites (tertiary alicyclic amines) is 1. The van der Waals surface area contributed by atoms with Crippen molar-refractivity contribution in [1.29, 1.82) is 0 Å². The predicted octanol–water partition coefficient (Wildman–Crippen LogP) is 2.20. The van der Waals surface area contributed by atoms with E-state index in [-0.39, 0.29) is 6.09 Å². The second kappa shape index (κ2) is 5.71. The van der Waals surface area contributed by atoms with Crippen molar-refractivity contribution in [2.45, 2.75) is 39.2 Å².